The monoisotopic (exact) mass is 414 g/mol. The van der Waals surface area contributed by atoms with Gasteiger partial charge < -0.3 is 4.74 Å². The number of Topliss-reactive ketones (excluding diaryl/α,β-unsaturated/α-hetero) is 5. The van der Waals surface area contributed by atoms with E-state index in [0.717, 1.165) is 0 Å². The van der Waals surface area contributed by atoms with Gasteiger partial charge in [-0.3, -0.25) is 24.0 Å². The van der Waals surface area contributed by atoms with Crippen LogP contribution in [0.5, 0.6) is 0 Å². The lowest BCUT2D eigenvalue weighted by Gasteiger charge is -2.60. The average molecular weight is 414 g/mol. The van der Waals surface area contributed by atoms with Crippen LogP contribution in [-0.2, 0) is 28.7 Å². The minimum atomic E-state index is -1.51. The number of fused-ring (bicyclic) bond motifs is 2. The predicted molar refractivity (Wildman–Crippen MR) is 105 cm³/mol. The number of hydrogen-bond acceptors (Lipinski definition) is 6. The smallest absolute Gasteiger partial charge is 0.177 e. The molecule has 1 saturated heterocycles. The molecule has 0 bridgehead atoms. The highest BCUT2D eigenvalue weighted by molar-refractivity contribution is 6.15. The third kappa shape index (κ3) is 1.58. The van der Waals surface area contributed by atoms with Crippen molar-refractivity contribution >= 4 is 28.9 Å². The second-order valence-electron chi connectivity index (χ2n) is 11.6. The molecule has 4 saturated carbocycles. The Morgan fingerprint density at radius 2 is 1.47 bits per heavy atom. The van der Waals surface area contributed by atoms with Gasteiger partial charge in [0.2, 0.25) is 0 Å². The number of rotatable bonds is 1. The highest BCUT2D eigenvalue weighted by Crippen LogP contribution is 2.83. The Hall–Kier alpha value is -1.69. The van der Waals surface area contributed by atoms with Crippen LogP contribution in [0, 0.1) is 33.5 Å². The van der Waals surface area contributed by atoms with Crippen LogP contribution in [0.4, 0.5) is 0 Å². The van der Waals surface area contributed by atoms with Gasteiger partial charge in [0.25, 0.3) is 0 Å². The van der Waals surface area contributed by atoms with E-state index in [1.807, 2.05) is 27.7 Å². The third-order valence-corrected chi connectivity index (χ3v) is 10.6. The largest absolute Gasteiger partial charge is 0.344 e. The van der Waals surface area contributed by atoms with Gasteiger partial charge in [0.05, 0.1) is 5.41 Å². The van der Waals surface area contributed by atoms with Gasteiger partial charge in [-0.05, 0) is 26.2 Å². The van der Waals surface area contributed by atoms with E-state index in [0.29, 0.717) is 12.8 Å². The maximum Gasteiger partial charge on any atom is 0.177 e. The first-order chi connectivity index (χ1) is 13.7. The number of carbonyl (C=O) groups is 5. The fourth-order valence-electron chi connectivity index (χ4n) is 8.60. The summed E-state index contributed by atoms with van der Waals surface area (Å²) in [5.74, 6) is -1.48. The molecular formula is C24H30O6. The molecule has 30 heavy (non-hydrogen) atoms. The van der Waals surface area contributed by atoms with Crippen molar-refractivity contribution in [3.05, 3.63) is 0 Å². The molecule has 5 rings (SSSR count). The summed E-state index contributed by atoms with van der Waals surface area (Å²) in [4.78, 5) is 66.3. The summed E-state index contributed by atoms with van der Waals surface area (Å²) in [6, 6.07) is 0. The number of epoxide rings is 1. The standard InChI is InChI=1S/C24H30O6/c1-12(25)13-9-16(27)22(6)21(13,5)11-18(29)23-20(4)8-7-15(26)19(2,3)14(20)10-17(28)24(22,23)30-23/h13-14H,7-11H2,1-6H3/t13-,14+,20+,21-,22-,23+,24+/m1/s1. The van der Waals surface area contributed by atoms with E-state index in [4.69, 9.17) is 4.74 Å². The van der Waals surface area contributed by atoms with Gasteiger partial charge in [0.15, 0.2) is 22.8 Å². The van der Waals surface area contributed by atoms with Gasteiger partial charge in [-0.25, -0.2) is 0 Å². The Balaban J connectivity index is 1.75. The van der Waals surface area contributed by atoms with Crippen molar-refractivity contribution in [1.29, 1.82) is 0 Å². The van der Waals surface area contributed by atoms with Crippen molar-refractivity contribution < 1.29 is 28.7 Å². The molecule has 7 atom stereocenters. The molecule has 4 aliphatic carbocycles. The van der Waals surface area contributed by atoms with Crippen LogP contribution in [0.2, 0.25) is 0 Å². The molecule has 6 heteroatoms. The molecule has 0 aromatic carbocycles. The van der Waals surface area contributed by atoms with E-state index < -0.39 is 38.8 Å². The lowest BCUT2D eigenvalue weighted by Crippen LogP contribution is -2.72. The molecule has 0 radical (unpaired) electrons. The van der Waals surface area contributed by atoms with E-state index in [9.17, 15) is 24.0 Å². The Morgan fingerprint density at radius 1 is 0.833 bits per heavy atom. The molecule has 0 unspecified atom stereocenters. The van der Waals surface area contributed by atoms with E-state index in [1.54, 1.807) is 6.92 Å². The second-order valence-corrected chi connectivity index (χ2v) is 11.6. The van der Waals surface area contributed by atoms with Crippen LogP contribution in [-0.4, -0.2) is 40.1 Å². The summed E-state index contributed by atoms with van der Waals surface area (Å²) in [5, 5.41) is 0. The summed E-state index contributed by atoms with van der Waals surface area (Å²) >= 11 is 0. The van der Waals surface area contributed by atoms with Gasteiger partial charge in [-0.1, -0.05) is 27.7 Å². The van der Waals surface area contributed by atoms with Crippen LogP contribution >= 0.6 is 0 Å². The zero-order valence-corrected chi connectivity index (χ0v) is 18.6. The lowest BCUT2D eigenvalue weighted by atomic mass is 9.37. The van der Waals surface area contributed by atoms with Gasteiger partial charge >= 0.3 is 0 Å². The van der Waals surface area contributed by atoms with Crippen LogP contribution in [0.25, 0.3) is 0 Å². The number of hydrogen-bond donors (Lipinski definition) is 0. The van der Waals surface area contributed by atoms with E-state index in [-0.39, 0.29) is 54.1 Å². The predicted octanol–water partition coefficient (Wildman–Crippen LogP) is 2.64. The number of ketones is 5. The Labute approximate surface area is 176 Å². The first-order valence-electron chi connectivity index (χ1n) is 11.0. The number of ether oxygens (including phenoxy) is 1. The third-order valence-electron chi connectivity index (χ3n) is 10.6. The van der Waals surface area contributed by atoms with Crippen LogP contribution < -0.4 is 0 Å². The Morgan fingerprint density at radius 3 is 2.07 bits per heavy atom. The summed E-state index contributed by atoms with van der Waals surface area (Å²) < 4.78 is 6.38. The Bertz CT molecular complexity index is 978. The van der Waals surface area contributed by atoms with Crippen molar-refractivity contribution in [3.63, 3.8) is 0 Å². The van der Waals surface area contributed by atoms with Crippen LogP contribution in [0.15, 0.2) is 0 Å². The maximum absolute atomic E-state index is 13.9. The minimum absolute atomic E-state index is 0.0468. The van der Waals surface area contributed by atoms with Gasteiger partial charge in [0.1, 0.15) is 17.3 Å². The number of carbonyl (C=O) groups excluding carboxylic acids is 5. The van der Waals surface area contributed by atoms with Gasteiger partial charge in [0, 0.05) is 47.8 Å². The topological polar surface area (TPSA) is 97.9 Å². The highest BCUT2D eigenvalue weighted by atomic mass is 16.6. The lowest BCUT2D eigenvalue weighted by molar-refractivity contribution is -0.171. The maximum atomic E-state index is 13.9. The molecule has 1 aliphatic heterocycles. The molecule has 5 aliphatic rings. The fraction of sp³-hybridized carbons (Fsp3) is 0.792. The van der Waals surface area contributed by atoms with E-state index in [2.05, 4.69) is 0 Å². The zero-order valence-electron chi connectivity index (χ0n) is 18.6. The summed E-state index contributed by atoms with van der Waals surface area (Å²) in [6.45, 7) is 10.7. The van der Waals surface area contributed by atoms with Gasteiger partial charge in [-0.2, -0.15) is 0 Å². The SMILES string of the molecule is CC(=O)[C@H]1CC(=O)[C@@]2(C)[C@]34O[C@@]3(C(=O)C[C@]12C)[C@@]1(C)CCC(=O)C(C)(C)[C@@H]1CC4=O. The minimum Gasteiger partial charge on any atom is -0.344 e. The molecule has 0 spiro atoms. The van der Waals surface area contributed by atoms with Crippen LogP contribution in [0.1, 0.15) is 73.6 Å². The van der Waals surface area contributed by atoms with E-state index in [1.165, 1.54) is 6.92 Å². The van der Waals surface area contributed by atoms with E-state index >= 15 is 0 Å². The first kappa shape index (κ1) is 20.2. The van der Waals surface area contributed by atoms with Crippen molar-refractivity contribution in [1.82, 2.24) is 0 Å². The molecule has 5 fully saturated rings. The van der Waals surface area contributed by atoms with Crippen LogP contribution in [0.3, 0.4) is 0 Å². The average Bonchev–Trinajstić information content (AvgIpc) is 3.34. The molecule has 0 aromatic rings. The zero-order chi connectivity index (χ0) is 22.3. The highest BCUT2D eigenvalue weighted by Gasteiger charge is 2.98. The van der Waals surface area contributed by atoms with Crippen molar-refractivity contribution in [2.75, 3.05) is 0 Å². The molecule has 1 heterocycles. The molecule has 0 N–H and O–H groups in total. The quantitative estimate of drug-likeness (QED) is 0.612. The fourth-order valence-corrected chi connectivity index (χ4v) is 8.60. The summed E-state index contributed by atoms with van der Waals surface area (Å²) in [7, 11) is 0. The molecule has 0 amide bonds. The van der Waals surface area contributed by atoms with Gasteiger partial charge in [-0.15, -0.1) is 0 Å². The van der Waals surface area contributed by atoms with Crippen molar-refractivity contribution in [3.8, 4) is 0 Å². The summed E-state index contributed by atoms with van der Waals surface area (Å²) in [5.41, 5.74) is -6.47. The van der Waals surface area contributed by atoms with Crippen molar-refractivity contribution in [2.24, 2.45) is 33.5 Å². The molecule has 6 nitrogen and oxygen atoms in total. The second kappa shape index (κ2) is 5.03. The molecule has 0 aromatic heterocycles. The molecular weight excluding hydrogens is 384 g/mol. The van der Waals surface area contributed by atoms with Crippen molar-refractivity contribution in [2.45, 2.75) is 84.8 Å². The molecule has 162 valence electrons. The normalized spacial score (nSPS) is 53.5. The first-order valence-corrected chi connectivity index (χ1v) is 11.0. The Kier molecular flexibility index (Phi) is 3.39. The summed E-state index contributed by atoms with van der Waals surface area (Å²) in [6.07, 6.45) is 1.02.